The van der Waals surface area contributed by atoms with Crippen molar-refractivity contribution in [3.05, 3.63) is 94.0 Å². The lowest BCUT2D eigenvalue weighted by Crippen LogP contribution is -2.31. The highest BCUT2D eigenvalue weighted by atomic mass is 16.5. The SMILES string of the molecule is CCN1C(=O)[C@H](Cc2nc3ccccc3c(=O)n2-c2ccc(OC)cc2)c2cc(C)ccc21. The Morgan fingerprint density at radius 1 is 1.00 bits per heavy atom. The van der Waals surface area contributed by atoms with E-state index in [9.17, 15) is 9.59 Å². The van der Waals surface area contributed by atoms with Crippen LogP contribution in [0.3, 0.4) is 0 Å². The molecule has 166 valence electrons. The Bertz CT molecular complexity index is 1420. The molecule has 0 N–H and O–H groups in total. The molecule has 1 aromatic heterocycles. The van der Waals surface area contributed by atoms with Crippen LogP contribution in [-0.4, -0.2) is 29.1 Å². The van der Waals surface area contributed by atoms with Gasteiger partial charge in [0.1, 0.15) is 11.6 Å². The van der Waals surface area contributed by atoms with E-state index in [2.05, 4.69) is 6.07 Å². The maximum atomic E-state index is 13.6. The van der Waals surface area contributed by atoms with Crippen molar-refractivity contribution in [3.63, 3.8) is 0 Å². The predicted molar refractivity (Wildman–Crippen MR) is 130 cm³/mol. The Balaban J connectivity index is 1.69. The minimum atomic E-state index is -0.391. The topological polar surface area (TPSA) is 64.4 Å². The number of anilines is 1. The molecule has 6 nitrogen and oxygen atoms in total. The fourth-order valence-electron chi connectivity index (χ4n) is 4.66. The van der Waals surface area contributed by atoms with Gasteiger partial charge < -0.3 is 9.64 Å². The lowest BCUT2D eigenvalue weighted by Gasteiger charge is -2.17. The van der Waals surface area contributed by atoms with Crippen LogP contribution >= 0.6 is 0 Å². The summed E-state index contributed by atoms with van der Waals surface area (Å²) in [5.74, 6) is 0.919. The molecule has 0 fully saturated rings. The van der Waals surface area contributed by atoms with E-state index in [-0.39, 0.29) is 11.5 Å². The van der Waals surface area contributed by atoms with Crippen LogP contribution in [0.15, 0.2) is 71.5 Å². The smallest absolute Gasteiger partial charge is 0.265 e. The molecular weight excluding hydrogens is 414 g/mol. The molecule has 6 heteroatoms. The molecule has 0 radical (unpaired) electrons. The molecule has 1 amide bonds. The predicted octanol–water partition coefficient (Wildman–Crippen LogP) is 4.40. The Hall–Kier alpha value is -3.93. The normalized spacial score (nSPS) is 15.2. The number of nitrogens with zero attached hydrogens (tertiary/aromatic N) is 3. The summed E-state index contributed by atoms with van der Waals surface area (Å²) in [5, 5.41) is 0.543. The first-order valence-corrected chi connectivity index (χ1v) is 11.1. The van der Waals surface area contributed by atoms with Crippen molar-refractivity contribution in [1.29, 1.82) is 0 Å². The van der Waals surface area contributed by atoms with E-state index in [1.807, 2.05) is 73.3 Å². The van der Waals surface area contributed by atoms with Crippen LogP contribution in [-0.2, 0) is 11.2 Å². The number of ether oxygens (including phenoxy) is 1. The summed E-state index contributed by atoms with van der Waals surface area (Å²) < 4.78 is 6.90. The molecular formula is C27H25N3O3. The molecule has 1 atom stereocenters. The Morgan fingerprint density at radius 2 is 1.76 bits per heavy atom. The molecule has 1 aliphatic heterocycles. The zero-order valence-corrected chi connectivity index (χ0v) is 18.9. The molecule has 0 saturated heterocycles. The van der Waals surface area contributed by atoms with Gasteiger partial charge in [-0.25, -0.2) is 4.98 Å². The third-order valence-electron chi connectivity index (χ3n) is 6.29. The number of likely N-dealkylation sites (N-methyl/N-ethyl adjacent to an activating group) is 1. The molecule has 0 saturated carbocycles. The van der Waals surface area contributed by atoms with E-state index in [1.165, 1.54) is 0 Å². The number of para-hydroxylation sites is 1. The van der Waals surface area contributed by atoms with Gasteiger partial charge >= 0.3 is 0 Å². The summed E-state index contributed by atoms with van der Waals surface area (Å²) in [4.78, 5) is 33.6. The highest BCUT2D eigenvalue weighted by Gasteiger charge is 2.37. The van der Waals surface area contributed by atoms with E-state index >= 15 is 0 Å². The number of rotatable bonds is 5. The molecule has 0 unspecified atom stereocenters. The third kappa shape index (κ3) is 3.48. The highest BCUT2D eigenvalue weighted by Crippen LogP contribution is 2.39. The van der Waals surface area contributed by atoms with Gasteiger partial charge in [-0.05, 0) is 61.9 Å². The first kappa shape index (κ1) is 20.9. The Morgan fingerprint density at radius 3 is 2.48 bits per heavy atom. The van der Waals surface area contributed by atoms with E-state index in [0.717, 1.165) is 16.8 Å². The number of carbonyl (C=O) groups is 1. The zero-order chi connectivity index (χ0) is 23.1. The number of carbonyl (C=O) groups excluding carboxylic acids is 1. The lowest BCUT2D eigenvalue weighted by atomic mass is 9.95. The molecule has 2 heterocycles. The second-order valence-corrected chi connectivity index (χ2v) is 8.29. The summed E-state index contributed by atoms with van der Waals surface area (Å²) >= 11 is 0. The monoisotopic (exact) mass is 439 g/mol. The lowest BCUT2D eigenvalue weighted by molar-refractivity contribution is -0.119. The number of hydrogen-bond donors (Lipinski definition) is 0. The quantitative estimate of drug-likeness (QED) is 0.463. The molecule has 5 rings (SSSR count). The van der Waals surface area contributed by atoms with Crippen LogP contribution in [0, 0.1) is 6.92 Å². The number of methoxy groups -OCH3 is 1. The van der Waals surface area contributed by atoms with Crippen molar-refractivity contribution in [2.45, 2.75) is 26.2 Å². The largest absolute Gasteiger partial charge is 0.497 e. The molecule has 0 bridgehead atoms. The highest BCUT2D eigenvalue weighted by molar-refractivity contribution is 6.05. The molecule has 1 aliphatic rings. The van der Waals surface area contributed by atoms with Gasteiger partial charge in [0.05, 0.1) is 29.6 Å². The van der Waals surface area contributed by atoms with Gasteiger partial charge in [-0.3, -0.25) is 14.2 Å². The minimum absolute atomic E-state index is 0.0433. The van der Waals surface area contributed by atoms with E-state index in [4.69, 9.17) is 9.72 Å². The van der Waals surface area contributed by atoms with Crippen LogP contribution in [0.1, 0.15) is 29.8 Å². The zero-order valence-electron chi connectivity index (χ0n) is 18.9. The molecule has 4 aromatic rings. The van der Waals surface area contributed by atoms with Crippen LogP contribution in [0.25, 0.3) is 16.6 Å². The van der Waals surface area contributed by atoms with Gasteiger partial charge in [-0.15, -0.1) is 0 Å². The van der Waals surface area contributed by atoms with Crippen molar-refractivity contribution in [2.24, 2.45) is 0 Å². The standard InChI is InChI=1S/C27H25N3O3/c1-4-29-24-14-9-17(2)15-21(24)22(26(29)31)16-25-28-23-8-6-5-7-20(23)27(32)30(25)18-10-12-19(33-3)13-11-18/h5-15,22H,4,16H2,1-3H3/t22-/m1/s1. The summed E-state index contributed by atoms with van der Waals surface area (Å²) in [7, 11) is 1.61. The number of fused-ring (bicyclic) bond motifs is 2. The average Bonchev–Trinajstić information content (AvgIpc) is 3.09. The Kier molecular flexibility index (Phi) is 5.21. The molecule has 3 aromatic carbocycles. The summed E-state index contributed by atoms with van der Waals surface area (Å²) in [6, 6.07) is 20.8. The Labute approximate surface area is 192 Å². The van der Waals surface area contributed by atoms with Crippen molar-refractivity contribution >= 4 is 22.5 Å². The molecule has 0 spiro atoms. The fourth-order valence-corrected chi connectivity index (χ4v) is 4.66. The average molecular weight is 440 g/mol. The van der Waals surface area contributed by atoms with Gasteiger partial charge in [0.15, 0.2) is 0 Å². The van der Waals surface area contributed by atoms with Gasteiger partial charge in [0, 0.05) is 18.7 Å². The van der Waals surface area contributed by atoms with Crippen molar-refractivity contribution in [1.82, 2.24) is 9.55 Å². The molecule has 33 heavy (non-hydrogen) atoms. The van der Waals surface area contributed by atoms with Gasteiger partial charge in [0.25, 0.3) is 5.56 Å². The number of amides is 1. The van der Waals surface area contributed by atoms with Gasteiger partial charge in [-0.1, -0.05) is 29.8 Å². The molecule has 0 aliphatic carbocycles. The van der Waals surface area contributed by atoms with Gasteiger partial charge in [0.2, 0.25) is 5.91 Å². The second kappa shape index (κ2) is 8.20. The number of aryl methyl sites for hydroxylation is 1. The number of aromatic nitrogens is 2. The van der Waals surface area contributed by atoms with E-state index in [0.29, 0.717) is 41.1 Å². The van der Waals surface area contributed by atoms with E-state index in [1.54, 1.807) is 17.7 Å². The van der Waals surface area contributed by atoms with E-state index < -0.39 is 5.92 Å². The second-order valence-electron chi connectivity index (χ2n) is 8.29. The maximum absolute atomic E-state index is 13.6. The van der Waals surface area contributed by atoms with Crippen LogP contribution < -0.4 is 15.2 Å². The van der Waals surface area contributed by atoms with Crippen molar-refractivity contribution in [2.75, 3.05) is 18.6 Å². The van der Waals surface area contributed by atoms with Crippen LogP contribution in [0.5, 0.6) is 5.75 Å². The van der Waals surface area contributed by atoms with Gasteiger partial charge in [-0.2, -0.15) is 0 Å². The number of benzene rings is 3. The van der Waals surface area contributed by atoms with Crippen molar-refractivity contribution in [3.8, 4) is 11.4 Å². The third-order valence-corrected chi connectivity index (χ3v) is 6.29. The first-order chi connectivity index (χ1) is 16.0. The van der Waals surface area contributed by atoms with Crippen molar-refractivity contribution < 1.29 is 9.53 Å². The van der Waals surface area contributed by atoms with Crippen LogP contribution in [0.2, 0.25) is 0 Å². The first-order valence-electron chi connectivity index (χ1n) is 11.1. The summed E-state index contributed by atoms with van der Waals surface area (Å²) in [6.07, 6.45) is 0.331. The van der Waals surface area contributed by atoms with Crippen LogP contribution in [0.4, 0.5) is 5.69 Å². The fraction of sp³-hybridized carbons (Fsp3) is 0.222. The minimum Gasteiger partial charge on any atom is -0.497 e. The summed E-state index contributed by atoms with van der Waals surface area (Å²) in [5.41, 5.74) is 4.20. The number of hydrogen-bond acceptors (Lipinski definition) is 4. The maximum Gasteiger partial charge on any atom is 0.265 e. The summed E-state index contributed by atoms with van der Waals surface area (Å²) in [6.45, 7) is 4.60.